The molecule has 5 heteroatoms. The van der Waals surface area contributed by atoms with Crippen molar-refractivity contribution in [2.75, 3.05) is 20.3 Å². The Bertz CT molecular complexity index is 783. The van der Waals surface area contributed by atoms with Crippen LogP contribution in [-0.4, -0.2) is 32.1 Å². The number of ether oxygens (including phenoxy) is 2. The molecule has 0 bridgehead atoms. The number of esters is 1. The highest BCUT2D eigenvalue weighted by atomic mass is 16.5. The van der Waals surface area contributed by atoms with Gasteiger partial charge in [-0.1, -0.05) is 48.0 Å². The molecule has 1 amide bonds. The van der Waals surface area contributed by atoms with E-state index in [9.17, 15) is 9.59 Å². The fourth-order valence-electron chi connectivity index (χ4n) is 2.42. The molecule has 0 saturated carbocycles. The van der Waals surface area contributed by atoms with Gasteiger partial charge in [-0.25, -0.2) is 4.79 Å². The topological polar surface area (TPSA) is 64.6 Å². The van der Waals surface area contributed by atoms with Gasteiger partial charge in [0.15, 0.2) is 6.61 Å². The molecule has 0 aliphatic heterocycles. The first-order valence-electron chi connectivity index (χ1n) is 8.38. The van der Waals surface area contributed by atoms with Crippen molar-refractivity contribution >= 4 is 18.0 Å². The fraction of sp³-hybridized carbons (Fsp3) is 0.238. The van der Waals surface area contributed by atoms with Gasteiger partial charge in [0.05, 0.1) is 7.11 Å². The van der Waals surface area contributed by atoms with Crippen molar-refractivity contribution in [3.8, 4) is 5.75 Å². The number of carbonyl (C=O) groups is 2. The van der Waals surface area contributed by atoms with Crippen LogP contribution in [-0.2, 0) is 20.7 Å². The van der Waals surface area contributed by atoms with Crippen LogP contribution in [0, 0.1) is 6.92 Å². The normalized spacial score (nSPS) is 10.5. The summed E-state index contributed by atoms with van der Waals surface area (Å²) in [7, 11) is 1.61. The smallest absolute Gasteiger partial charge is 0.331 e. The molecule has 2 rings (SSSR count). The zero-order valence-corrected chi connectivity index (χ0v) is 15.0. The number of aryl methyl sites for hydroxylation is 1. The molecule has 0 aliphatic rings. The molecular weight excluding hydrogens is 330 g/mol. The second kappa shape index (κ2) is 10.0. The van der Waals surface area contributed by atoms with Gasteiger partial charge in [-0.05, 0) is 36.6 Å². The molecule has 0 atom stereocenters. The summed E-state index contributed by atoms with van der Waals surface area (Å²) in [6, 6.07) is 15.4. The summed E-state index contributed by atoms with van der Waals surface area (Å²) in [6.45, 7) is 2.11. The van der Waals surface area contributed by atoms with Gasteiger partial charge in [0.25, 0.3) is 5.91 Å². The first kappa shape index (κ1) is 19.2. The SMILES string of the molecule is COc1ccccc1CCNC(=O)COC(=O)/C=C/c1cccc(C)c1. The van der Waals surface area contributed by atoms with E-state index < -0.39 is 5.97 Å². The van der Waals surface area contributed by atoms with E-state index in [1.54, 1.807) is 13.2 Å². The zero-order chi connectivity index (χ0) is 18.8. The third-order valence-electron chi connectivity index (χ3n) is 3.71. The summed E-state index contributed by atoms with van der Waals surface area (Å²) in [5.74, 6) is -0.0990. The molecule has 0 heterocycles. The van der Waals surface area contributed by atoms with Gasteiger partial charge in [-0.3, -0.25) is 4.79 Å². The third kappa shape index (κ3) is 6.43. The number of hydrogen-bond donors (Lipinski definition) is 1. The second-order valence-corrected chi connectivity index (χ2v) is 5.77. The minimum absolute atomic E-state index is 0.303. The van der Waals surface area contributed by atoms with Crippen LogP contribution < -0.4 is 10.1 Å². The monoisotopic (exact) mass is 353 g/mol. The van der Waals surface area contributed by atoms with Crippen molar-refractivity contribution in [2.45, 2.75) is 13.3 Å². The van der Waals surface area contributed by atoms with E-state index >= 15 is 0 Å². The number of nitrogens with one attached hydrogen (secondary N) is 1. The average molecular weight is 353 g/mol. The highest BCUT2D eigenvalue weighted by molar-refractivity contribution is 5.89. The summed E-state index contributed by atoms with van der Waals surface area (Å²) >= 11 is 0. The number of carbonyl (C=O) groups excluding carboxylic acids is 2. The van der Waals surface area contributed by atoms with Crippen LogP contribution in [0.2, 0.25) is 0 Å². The summed E-state index contributed by atoms with van der Waals surface area (Å²) in [5, 5.41) is 2.72. The fourth-order valence-corrected chi connectivity index (χ4v) is 2.42. The summed E-state index contributed by atoms with van der Waals surface area (Å²) in [5.41, 5.74) is 3.02. The summed E-state index contributed by atoms with van der Waals surface area (Å²) in [4.78, 5) is 23.4. The van der Waals surface area contributed by atoms with E-state index in [1.165, 1.54) is 6.08 Å². The minimum Gasteiger partial charge on any atom is -0.496 e. The standard InChI is InChI=1S/C21H23NO4/c1-16-6-5-7-17(14-16)10-11-21(24)26-15-20(23)22-13-12-18-8-3-4-9-19(18)25-2/h3-11,14H,12-13,15H2,1-2H3,(H,22,23)/b11-10+. The van der Waals surface area contributed by atoms with Crippen LogP contribution in [0.15, 0.2) is 54.6 Å². The predicted molar refractivity (Wildman–Crippen MR) is 101 cm³/mol. The van der Waals surface area contributed by atoms with Gasteiger partial charge in [0, 0.05) is 12.6 Å². The second-order valence-electron chi connectivity index (χ2n) is 5.77. The molecule has 0 fully saturated rings. The molecule has 0 radical (unpaired) electrons. The Hall–Kier alpha value is -3.08. The molecule has 5 nitrogen and oxygen atoms in total. The van der Waals surface area contributed by atoms with Gasteiger partial charge in [0.2, 0.25) is 0 Å². The van der Waals surface area contributed by atoms with Crippen LogP contribution in [0.3, 0.4) is 0 Å². The number of benzene rings is 2. The molecule has 136 valence electrons. The van der Waals surface area contributed by atoms with Crippen molar-refractivity contribution in [1.29, 1.82) is 0 Å². The molecule has 0 aliphatic carbocycles. The molecule has 26 heavy (non-hydrogen) atoms. The maximum atomic E-state index is 11.8. The Morgan fingerprint density at radius 2 is 1.92 bits per heavy atom. The zero-order valence-electron chi connectivity index (χ0n) is 15.0. The Labute approximate surface area is 153 Å². The number of para-hydroxylation sites is 1. The Morgan fingerprint density at radius 3 is 2.69 bits per heavy atom. The molecule has 2 aromatic carbocycles. The van der Waals surface area contributed by atoms with Gasteiger partial charge < -0.3 is 14.8 Å². The lowest BCUT2D eigenvalue weighted by Crippen LogP contribution is -2.30. The molecule has 2 aromatic rings. The maximum absolute atomic E-state index is 11.8. The molecule has 0 saturated heterocycles. The molecule has 0 aromatic heterocycles. The number of hydrogen-bond acceptors (Lipinski definition) is 4. The van der Waals surface area contributed by atoms with E-state index in [2.05, 4.69) is 5.32 Å². The quantitative estimate of drug-likeness (QED) is 0.585. The van der Waals surface area contributed by atoms with Gasteiger partial charge >= 0.3 is 5.97 Å². The van der Waals surface area contributed by atoms with Crippen LogP contribution >= 0.6 is 0 Å². The average Bonchev–Trinajstić information content (AvgIpc) is 2.65. The largest absolute Gasteiger partial charge is 0.496 e. The van der Waals surface area contributed by atoms with E-state index in [0.717, 1.165) is 22.4 Å². The lowest BCUT2D eigenvalue weighted by molar-refractivity contribution is -0.143. The van der Waals surface area contributed by atoms with Crippen molar-refractivity contribution in [2.24, 2.45) is 0 Å². The highest BCUT2D eigenvalue weighted by Gasteiger charge is 2.06. The Kier molecular flexibility index (Phi) is 7.43. The Balaban J connectivity index is 1.70. The lowest BCUT2D eigenvalue weighted by atomic mass is 10.1. The van der Waals surface area contributed by atoms with Crippen LogP contribution in [0.5, 0.6) is 5.75 Å². The van der Waals surface area contributed by atoms with E-state index in [4.69, 9.17) is 9.47 Å². The number of rotatable bonds is 8. The minimum atomic E-state index is -0.550. The maximum Gasteiger partial charge on any atom is 0.331 e. The molecule has 0 spiro atoms. The number of methoxy groups -OCH3 is 1. The van der Waals surface area contributed by atoms with Crippen molar-refractivity contribution in [1.82, 2.24) is 5.32 Å². The first-order chi connectivity index (χ1) is 12.6. The third-order valence-corrected chi connectivity index (χ3v) is 3.71. The van der Waals surface area contributed by atoms with E-state index in [-0.39, 0.29) is 12.5 Å². The molecule has 1 N–H and O–H groups in total. The number of amides is 1. The predicted octanol–water partition coefficient (Wildman–Crippen LogP) is 2.92. The summed E-state index contributed by atoms with van der Waals surface area (Å²) in [6.07, 6.45) is 3.61. The van der Waals surface area contributed by atoms with Gasteiger partial charge in [0.1, 0.15) is 5.75 Å². The van der Waals surface area contributed by atoms with Crippen LogP contribution in [0.25, 0.3) is 6.08 Å². The van der Waals surface area contributed by atoms with E-state index in [1.807, 2.05) is 55.5 Å². The van der Waals surface area contributed by atoms with Crippen LogP contribution in [0.4, 0.5) is 0 Å². The summed E-state index contributed by atoms with van der Waals surface area (Å²) < 4.78 is 10.2. The first-order valence-corrected chi connectivity index (χ1v) is 8.38. The van der Waals surface area contributed by atoms with Crippen molar-refractivity contribution < 1.29 is 19.1 Å². The lowest BCUT2D eigenvalue weighted by Gasteiger charge is -2.09. The van der Waals surface area contributed by atoms with E-state index in [0.29, 0.717) is 13.0 Å². The molecule has 0 unspecified atom stereocenters. The molecular formula is C21H23NO4. The van der Waals surface area contributed by atoms with Crippen molar-refractivity contribution in [3.63, 3.8) is 0 Å². The highest BCUT2D eigenvalue weighted by Crippen LogP contribution is 2.17. The Morgan fingerprint density at radius 1 is 1.12 bits per heavy atom. The van der Waals surface area contributed by atoms with Crippen molar-refractivity contribution in [3.05, 3.63) is 71.3 Å². The van der Waals surface area contributed by atoms with Gasteiger partial charge in [-0.15, -0.1) is 0 Å². The van der Waals surface area contributed by atoms with Crippen LogP contribution in [0.1, 0.15) is 16.7 Å². The van der Waals surface area contributed by atoms with Gasteiger partial charge in [-0.2, -0.15) is 0 Å².